The van der Waals surface area contributed by atoms with E-state index < -0.39 is 23.6 Å². The summed E-state index contributed by atoms with van der Waals surface area (Å²) in [5.41, 5.74) is 0.663. The zero-order valence-corrected chi connectivity index (χ0v) is 16.9. The molecule has 1 atom stereocenters. The standard InChI is InChI=1S/C20H17F2N5O2S/c1-12-25-26-20(27(12)14-4-3-5-15(9-14)29-2)30-11-19(28)24-18(10-23)16-7-6-13(21)8-17(16)22/h3-9,18H,11H2,1-2H3,(H,24,28). The molecule has 0 bridgehead atoms. The largest absolute Gasteiger partial charge is 0.497 e. The first kappa shape index (κ1) is 21.3. The molecule has 0 saturated heterocycles. The average Bonchev–Trinajstić information content (AvgIpc) is 3.11. The van der Waals surface area contributed by atoms with Crippen molar-refractivity contribution in [1.82, 2.24) is 20.1 Å². The second-order valence-electron chi connectivity index (χ2n) is 6.15. The van der Waals surface area contributed by atoms with Gasteiger partial charge in [-0.3, -0.25) is 9.36 Å². The second-order valence-corrected chi connectivity index (χ2v) is 7.09. The lowest BCUT2D eigenvalue weighted by Crippen LogP contribution is -2.29. The van der Waals surface area contributed by atoms with Crippen molar-refractivity contribution >= 4 is 17.7 Å². The summed E-state index contributed by atoms with van der Waals surface area (Å²) in [4.78, 5) is 12.3. The fourth-order valence-corrected chi connectivity index (χ4v) is 3.54. The highest BCUT2D eigenvalue weighted by Crippen LogP contribution is 2.25. The lowest BCUT2D eigenvalue weighted by atomic mass is 10.1. The van der Waals surface area contributed by atoms with Gasteiger partial charge in [-0.2, -0.15) is 5.26 Å². The minimum absolute atomic E-state index is 0.0803. The number of thioether (sulfide) groups is 1. The van der Waals surface area contributed by atoms with Gasteiger partial charge in [0, 0.05) is 17.7 Å². The Balaban J connectivity index is 1.71. The summed E-state index contributed by atoms with van der Waals surface area (Å²) in [6, 6.07) is 10.7. The van der Waals surface area contributed by atoms with E-state index in [2.05, 4.69) is 15.5 Å². The highest BCUT2D eigenvalue weighted by atomic mass is 32.2. The molecule has 0 spiro atoms. The number of carbonyl (C=O) groups excluding carboxylic acids is 1. The molecular formula is C20H17F2N5O2S. The second kappa shape index (κ2) is 9.37. The third-order valence-corrected chi connectivity index (χ3v) is 5.08. The zero-order chi connectivity index (χ0) is 21.7. The number of amides is 1. The van der Waals surface area contributed by atoms with Gasteiger partial charge in [0.05, 0.1) is 24.6 Å². The molecule has 1 unspecified atom stereocenters. The van der Waals surface area contributed by atoms with Crippen molar-refractivity contribution in [2.75, 3.05) is 12.9 Å². The summed E-state index contributed by atoms with van der Waals surface area (Å²) < 4.78 is 34.0. The van der Waals surface area contributed by atoms with Crippen molar-refractivity contribution in [2.24, 2.45) is 0 Å². The topological polar surface area (TPSA) is 92.8 Å². The molecule has 0 fully saturated rings. The van der Waals surface area contributed by atoms with Crippen molar-refractivity contribution in [2.45, 2.75) is 18.1 Å². The Morgan fingerprint density at radius 2 is 2.10 bits per heavy atom. The van der Waals surface area contributed by atoms with Crippen LogP contribution in [0.2, 0.25) is 0 Å². The van der Waals surface area contributed by atoms with Crippen molar-refractivity contribution < 1.29 is 18.3 Å². The van der Waals surface area contributed by atoms with Gasteiger partial charge in [0.15, 0.2) is 5.16 Å². The molecule has 3 aromatic rings. The van der Waals surface area contributed by atoms with E-state index in [0.29, 0.717) is 22.8 Å². The summed E-state index contributed by atoms with van der Waals surface area (Å²) in [5.74, 6) is -0.969. The van der Waals surface area contributed by atoms with E-state index in [1.807, 2.05) is 24.3 Å². The molecule has 154 valence electrons. The number of nitriles is 1. The van der Waals surface area contributed by atoms with Crippen LogP contribution in [0.25, 0.3) is 5.69 Å². The summed E-state index contributed by atoms with van der Waals surface area (Å²) in [6.45, 7) is 1.78. The van der Waals surface area contributed by atoms with E-state index in [9.17, 15) is 18.8 Å². The molecule has 0 aliphatic carbocycles. The molecule has 1 heterocycles. The molecule has 0 aliphatic heterocycles. The lowest BCUT2D eigenvalue weighted by Gasteiger charge is -2.13. The van der Waals surface area contributed by atoms with Gasteiger partial charge < -0.3 is 10.1 Å². The molecule has 1 aromatic heterocycles. The van der Waals surface area contributed by atoms with E-state index in [0.717, 1.165) is 29.6 Å². The molecule has 30 heavy (non-hydrogen) atoms. The molecule has 1 amide bonds. The van der Waals surface area contributed by atoms with E-state index in [1.54, 1.807) is 24.7 Å². The van der Waals surface area contributed by atoms with E-state index in [4.69, 9.17) is 4.74 Å². The predicted octanol–water partition coefficient (Wildman–Crippen LogP) is 3.34. The van der Waals surface area contributed by atoms with Crippen LogP contribution in [0.1, 0.15) is 17.4 Å². The summed E-state index contributed by atoms with van der Waals surface area (Å²) in [5, 5.41) is 20.3. The first-order valence-corrected chi connectivity index (χ1v) is 9.74. The van der Waals surface area contributed by atoms with Crippen LogP contribution in [0.5, 0.6) is 5.75 Å². The molecule has 3 rings (SSSR count). The number of ether oxygens (including phenoxy) is 1. The van der Waals surface area contributed by atoms with E-state index in [-0.39, 0.29) is 11.3 Å². The van der Waals surface area contributed by atoms with Crippen LogP contribution in [0.15, 0.2) is 47.6 Å². The maximum Gasteiger partial charge on any atom is 0.231 e. The van der Waals surface area contributed by atoms with Crippen LogP contribution in [0.3, 0.4) is 0 Å². The molecule has 0 radical (unpaired) electrons. The molecule has 10 heteroatoms. The van der Waals surface area contributed by atoms with Gasteiger partial charge in [-0.1, -0.05) is 23.9 Å². The highest BCUT2D eigenvalue weighted by molar-refractivity contribution is 7.99. The number of aryl methyl sites for hydroxylation is 1. The summed E-state index contributed by atoms with van der Waals surface area (Å²) >= 11 is 1.11. The highest BCUT2D eigenvalue weighted by Gasteiger charge is 2.20. The molecule has 1 N–H and O–H groups in total. The molecule has 0 saturated carbocycles. The number of nitrogens with zero attached hydrogens (tertiary/aromatic N) is 4. The molecular weight excluding hydrogens is 412 g/mol. The van der Waals surface area contributed by atoms with Crippen LogP contribution in [0.4, 0.5) is 8.78 Å². The van der Waals surface area contributed by atoms with Gasteiger partial charge in [-0.05, 0) is 25.1 Å². The Morgan fingerprint density at radius 1 is 1.30 bits per heavy atom. The number of carbonyl (C=O) groups is 1. The van der Waals surface area contributed by atoms with Gasteiger partial charge in [0.25, 0.3) is 0 Å². The van der Waals surface area contributed by atoms with E-state index >= 15 is 0 Å². The Labute approximate surface area is 175 Å². The van der Waals surface area contributed by atoms with Gasteiger partial charge in [-0.25, -0.2) is 8.78 Å². The van der Waals surface area contributed by atoms with Gasteiger partial charge >= 0.3 is 0 Å². The van der Waals surface area contributed by atoms with Crippen LogP contribution < -0.4 is 10.1 Å². The number of nitrogens with one attached hydrogen (secondary N) is 1. The van der Waals surface area contributed by atoms with Gasteiger partial charge in [-0.15, -0.1) is 10.2 Å². The number of hydrogen-bond acceptors (Lipinski definition) is 6. The molecule has 0 aliphatic rings. The number of aromatic nitrogens is 3. The van der Waals surface area contributed by atoms with E-state index in [1.165, 1.54) is 0 Å². The Kier molecular flexibility index (Phi) is 6.64. The first-order valence-electron chi connectivity index (χ1n) is 8.76. The zero-order valence-electron chi connectivity index (χ0n) is 16.1. The third-order valence-electron chi connectivity index (χ3n) is 4.15. The van der Waals surface area contributed by atoms with Gasteiger partial charge in [0.1, 0.15) is 29.3 Å². The fourth-order valence-electron chi connectivity index (χ4n) is 2.73. The molecule has 2 aromatic carbocycles. The SMILES string of the molecule is COc1cccc(-n2c(C)nnc2SCC(=O)NC(C#N)c2ccc(F)cc2F)c1. The third kappa shape index (κ3) is 4.75. The van der Waals surface area contributed by atoms with Gasteiger partial charge in [0.2, 0.25) is 5.91 Å². The number of halogens is 2. The Bertz CT molecular complexity index is 1110. The quantitative estimate of drug-likeness (QED) is 0.579. The van der Waals surface area contributed by atoms with Crippen molar-refractivity contribution in [1.29, 1.82) is 5.26 Å². The fraction of sp³-hybridized carbons (Fsp3) is 0.200. The first-order chi connectivity index (χ1) is 14.4. The van der Waals surface area contributed by atoms with Crippen LogP contribution in [-0.4, -0.2) is 33.5 Å². The number of hydrogen-bond donors (Lipinski definition) is 1. The Morgan fingerprint density at radius 3 is 2.80 bits per heavy atom. The van der Waals surface area contributed by atoms with Crippen LogP contribution in [0, 0.1) is 29.9 Å². The van der Waals surface area contributed by atoms with Crippen molar-refractivity contribution in [3.05, 3.63) is 65.5 Å². The smallest absolute Gasteiger partial charge is 0.231 e. The van der Waals surface area contributed by atoms with Crippen LogP contribution in [-0.2, 0) is 4.79 Å². The number of rotatable bonds is 7. The predicted molar refractivity (Wildman–Crippen MR) is 106 cm³/mol. The van der Waals surface area contributed by atoms with Crippen molar-refractivity contribution in [3.8, 4) is 17.5 Å². The average molecular weight is 429 g/mol. The maximum absolute atomic E-state index is 13.9. The van der Waals surface area contributed by atoms with Crippen molar-refractivity contribution in [3.63, 3.8) is 0 Å². The lowest BCUT2D eigenvalue weighted by molar-refractivity contribution is -0.118. The monoisotopic (exact) mass is 429 g/mol. The minimum Gasteiger partial charge on any atom is -0.497 e. The number of benzene rings is 2. The summed E-state index contributed by atoms with van der Waals surface area (Å²) in [7, 11) is 1.56. The maximum atomic E-state index is 13.9. The normalized spacial score (nSPS) is 11.6. The van der Waals surface area contributed by atoms with Crippen LogP contribution >= 0.6 is 11.8 Å². The molecule has 7 nitrogen and oxygen atoms in total. The Hall–Kier alpha value is -3.45. The number of methoxy groups -OCH3 is 1. The summed E-state index contributed by atoms with van der Waals surface area (Å²) in [6.07, 6.45) is 0. The minimum atomic E-state index is -1.24.